The molecule has 0 aromatic heterocycles. The van der Waals surface area contributed by atoms with Gasteiger partial charge in [-0.25, -0.2) is 4.79 Å². The van der Waals surface area contributed by atoms with Crippen molar-refractivity contribution in [3.63, 3.8) is 0 Å². The predicted octanol–water partition coefficient (Wildman–Crippen LogP) is 1.98. The molecule has 0 fully saturated rings. The predicted molar refractivity (Wildman–Crippen MR) is 70.0 cm³/mol. The number of rotatable bonds is 5. The van der Waals surface area contributed by atoms with Crippen molar-refractivity contribution < 1.29 is 27.8 Å². The number of halogens is 3. The second kappa shape index (κ2) is 7.16. The Labute approximate surface area is 120 Å². The molecule has 2 atom stereocenters. The first kappa shape index (κ1) is 17.1. The van der Waals surface area contributed by atoms with Crippen LogP contribution in [0.15, 0.2) is 24.3 Å². The molecule has 0 saturated carbocycles. The van der Waals surface area contributed by atoms with Gasteiger partial charge in [-0.05, 0) is 24.6 Å². The lowest BCUT2D eigenvalue weighted by Gasteiger charge is -2.23. The summed E-state index contributed by atoms with van der Waals surface area (Å²) in [4.78, 5) is 11.5. The lowest BCUT2D eigenvalue weighted by Crippen LogP contribution is -2.47. The largest absolute Gasteiger partial charge is 0.497 e. The van der Waals surface area contributed by atoms with Crippen molar-refractivity contribution in [2.75, 3.05) is 13.7 Å². The van der Waals surface area contributed by atoms with Gasteiger partial charge in [0.2, 0.25) is 0 Å². The van der Waals surface area contributed by atoms with Crippen LogP contribution >= 0.6 is 0 Å². The van der Waals surface area contributed by atoms with Gasteiger partial charge in [0.05, 0.1) is 19.8 Å². The second-order valence-corrected chi connectivity index (χ2v) is 4.45. The average molecular weight is 306 g/mol. The molecule has 3 N–H and O–H groups in total. The number of carbonyl (C=O) groups is 1. The highest BCUT2D eigenvalue weighted by molar-refractivity contribution is 5.74. The Bertz CT molecular complexity index is 463. The van der Waals surface area contributed by atoms with E-state index in [2.05, 4.69) is 5.32 Å². The zero-order valence-corrected chi connectivity index (χ0v) is 11.6. The average Bonchev–Trinajstić information content (AvgIpc) is 2.43. The van der Waals surface area contributed by atoms with Gasteiger partial charge in [0.15, 0.2) is 6.04 Å². The summed E-state index contributed by atoms with van der Waals surface area (Å²) in [7, 11) is 1.40. The van der Waals surface area contributed by atoms with E-state index in [4.69, 9.17) is 9.84 Å². The highest BCUT2D eigenvalue weighted by Crippen LogP contribution is 2.33. The van der Waals surface area contributed by atoms with Gasteiger partial charge < -0.3 is 20.5 Å². The standard InChI is InChI=1S/C13H17F3N2O3/c1-8(7-19)17-12(20)18-11(13(14,15)16)9-3-5-10(21-2)6-4-9/h3-6,8,11,19H,7H2,1-2H3,(H2,17,18,20)/t8-,11+/m0/s1. The fourth-order valence-electron chi connectivity index (χ4n) is 1.59. The lowest BCUT2D eigenvalue weighted by molar-refractivity contribution is -0.155. The number of urea groups is 1. The molecular weight excluding hydrogens is 289 g/mol. The minimum atomic E-state index is -4.64. The van der Waals surface area contributed by atoms with Gasteiger partial charge >= 0.3 is 12.2 Å². The van der Waals surface area contributed by atoms with Crippen LogP contribution in [0.3, 0.4) is 0 Å². The fraction of sp³-hybridized carbons (Fsp3) is 0.462. The van der Waals surface area contributed by atoms with E-state index in [1.165, 1.54) is 38.3 Å². The number of nitrogens with one attached hydrogen (secondary N) is 2. The molecule has 1 aromatic carbocycles. The fourth-order valence-corrected chi connectivity index (χ4v) is 1.59. The van der Waals surface area contributed by atoms with E-state index in [1.54, 1.807) is 0 Å². The van der Waals surface area contributed by atoms with Gasteiger partial charge in [-0.15, -0.1) is 0 Å². The van der Waals surface area contributed by atoms with Crippen molar-refractivity contribution >= 4 is 6.03 Å². The van der Waals surface area contributed by atoms with Crippen molar-refractivity contribution in [1.29, 1.82) is 0 Å². The molecule has 5 nitrogen and oxygen atoms in total. The van der Waals surface area contributed by atoms with Crippen molar-refractivity contribution in [3.8, 4) is 5.75 Å². The molecule has 8 heteroatoms. The number of ether oxygens (including phenoxy) is 1. The summed E-state index contributed by atoms with van der Waals surface area (Å²) in [6.07, 6.45) is -4.64. The van der Waals surface area contributed by atoms with Gasteiger partial charge in [-0.1, -0.05) is 12.1 Å². The van der Waals surface area contributed by atoms with E-state index in [0.29, 0.717) is 5.75 Å². The minimum Gasteiger partial charge on any atom is -0.497 e. The summed E-state index contributed by atoms with van der Waals surface area (Å²) in [5.74, 6) is 0.415. The first-order valence-electron chi connectivity index (χ1n) is 6.16. The first-order chi connectivity index (χ1) is 9.77. The van der Waals surface area contributed by atoms with E-state index < -0.39 is 24.3 Å². The van der Waals surface area contributed by atoms with Crippen LogP contribution in [-0.2, 0) is 0 Å². The summed E-state index contributed by atoms with van der Waals surface area (Å²) >= 11 is 0. The number of alkyl halides is 3. The van der Waals surface area contributed by atoms with Crippen molar-refractivity contribution in [2.24, 2.45) is 0 Å². The Morgan fingerprint density at radius 3 is 2.29 bits per heavy atom. The van der Waals surface area contributed by atoms with Crippen LogP contribution in [0, 0.1) is 0 Å². The SMILES string of the molecule is COc1ccc([C@@H](NC(=O)N[C@@H](C)CO)C(F)(F)F)cc1. The number of hydrogen-bond donors (Lipinski definition) is 3. The number of benzene rings is 1. The molecule has 0 bridgehead atoms. The zero-order valence-electron chi connectivity index (χ0n) is 11.6. The van der Waals surface area contributed by atoms with Gasteiger partial charge in [0.25, 0.3) is 0 Å². The molecule has 0 aliphatic heterocycles. The number of aliphatic hydroxyl groups excluding tert-OH is 1. The third kappa shape index (κ3) is 5.14. The number of hydrogen-bond acceptors (Lipinski definition) is 3. The highest BCUT2D eigenvalue weighted by atomic mass is 19.4. The summed E-state index contributed by atoms with van der Waals surface area (Å²) in [6.45, 7) is 1.10. The van der Waals surface area contributed by atoms with E-state index in [1.807, 2.05) is 5.32 Å². The maximum atomic E-state index is 13.0. The van der Waals surface area contributed by atoms with Gasteiger partial charge in [-0.3, -0.25) is 0 Å². The Morgan fingerprint density at radius 1 is 1.29 bits per heavy atom. The van der Waals surface area contributed by atoms with Gasteiger partial charge in [-0.2, -0.15) is 13.2 Å². The van der Waals surface area contributed by atoms with E-state index in [-0.39, 0.29) is 12.2 Å². The molecule has 0 aliphatic carbocycles. The van der Waals surface area contributed by atoms with Crippen LogP contribution in [-0.4, -0.2) is 37.1 Å². The van der Waals surface area contributed by atoms with Gasteiger partial charge in [0.1, 0.15) is 5.75 Å². The highest BCUT2D eigenvalue weighted by Gasteiger charge is 2.42. The summed E-state index contributed by atoms with van der Waals surface area (Å²) in [6, 6.07) is 1.42. The van der Waals surface area contributed by atoms with Crippen molar-refractivity contribution in [2.45, 2.75) is 25.2 Å². The molecule has 1 rings (SSSR count). The lowest BCUT2D eigenvalue weighted by atomic mass is 10.1. The quantitative estimate of drug-likeness (QED) is 0.779. The number of methoxy groups -OCH3 is 1. The monoisotopic (exact) mass is 306 g/mol. The Morgan fingerprint density at radius 2 is 1.86 bits per heavy atom. The molecule has 0 aliphatic rings. The molecule has 1 aromatic rings. The molecule has 0 spiro atoms. The van der Waals surface area contributed by atoms with Crippen LogP contribution in [0.1, 0.15) is 18.5 Å². The maximum Gasteiger partial charge on any atom is 0.412 e. The third-order valence-electron chi connectivity index (χ3n) is 2.70. The van der Waals surface area contributed by atoms with E-state index in [0.717, 1.165) is 0 Å². The molecule has 2 amide bonds. The molecule has 21 heavy (non-hydrogen) atoms. The van der Waals surface area contributed by atoms with Crippen LogP contribution in [0.4, 0.5) is 18.0 Å². The smallest absolute Gasteiger partial charge is 0.412 e. The Balaban J connectivity index is 2.88. The molecule has 118 valence electrons. The topological polar surface area (TPSA) is 70.6 Å². The summed E-state index contributed by atoms with van der Waals surface area (Å²) < 4.78 is 44.0. The van der Waals surface area contributed by atoms with Gasteiger partial charge in [0, 0.05) is 0 Å². The maximum absolute atomic E-state index is 13.0. The number of amides is 2. The second-order valence-electron chi connectivity index (χ2n) is 4.45. The molecular formula is C13H17F3N2O3. The van der Waals surface area contributed by atoms with Crippen molar-refractivity contribution in [3.05, 3.63) is 29.8 Å². The van der Waals surface area contributed by atoms with Crippen LogP contribution in [0.5, 0.6) is 5.75 Å². The van der Waals surface area contributed by atoms with E-state index >= 15 is 0 Å². The normalized spacial score (nSPS) is 14.2. The number of carbonyl (C=O) groups excluding carboxylic acids is 1. The zero-order chi connectivity index (χ0) is 16.0. The Kier molecular flexibility index (Phi) is 5.83. The molecule has 0 saturated heterocycles. The summed E-state index contributed by atoms with van der Waals surface area (Å²) in [5.41, 5.74) is -0.116. The van der Waals surface area contributed by atoms with Crippen LogP contribution < -0.4 is 15.4 Å². The molecule has 0 unspecified atom stereocenters. The van der Waals surface area contributed by atoms with Crippen LogP contribution in [0.2, 0.25) is 0 Å². The first-order valence-corrected chi connectivity index (χ1v) is 6.16. The van der Waals surface area contributed by atoms with E-state index in [9.17, 15) is 18.0 Å². The molecule has 0 heterocycles. The van der Waals surface area contributed by atoms with Crippen LogP contribution in [0.25, 0.3) is 0 Å². The Hall–Kier alpha value is -1.96. The number of aliphatic hydroxyl groups is 1. The summed E-state index contributed by atoms with van der Waals surface area (Å²) in [5, 5.41) is 12.8. The minimum absolute atomic E-state index is 0.116. The third-order valence-corrected chi connectivity index (χ3v) is 2.70. The van der Waals surface area contributed by atoms with Crippen molar-refractivity contribution in [1.82, 2.24) is 10.6 Å². The molecule has 0 radical (unpaired) electrons.